The van der Waals surface area contributed by atoms with Crippen LogP contribution in [0.15, 0.2) is 24.3 Å². The van der Waals surface area contributed by atoms with Gasteiger partial charge >= 0.3 is 0 Å². The van der Waals surface area contributed by atoms with Crippen molar-refractivity contribution in [3.8, 4) is 0 Å². The van der Waals surface area contributed by atoms with Crippen molar-refractivity contribution < 1.29 is 9.59 Å². The van der Waals surface area contributed by atoms with Crippen LogP contribution in [0.4, 0.5) is 5.69 Å². The summed E-state index contributed by atoms with van der Waals surface area (Å²) in [5.74, 6) is -0.103. The first kappa shape index (κ1) is 16.0. The van der Waals surface area contributed by atoms with Crippen LogP contribution >= 0.6 is 0 Å². The van der Waals surface area contributed by atoms with Crippen LogP contribution in [0.2, 0.25) is 0 Å². The highest BCUT2D eigenvalue weighted by molar-refractivity contribution is 6.00. The molecular weight excluding hydrogens is 290 g/mol. The van der Waals surface area contributed by atoms with Crippen LogP contribution in [-0.2, 0) is 16.0 Å². The molecule has 23 heavy (non-hydrogen) atoms. The minimum Gasteiger partial charge on any atom is -0.341 e. The molecule has 2 fully saturated rings. The Morgan fingerprint density at radius 2 is 2.09 bits per heavy atom. The quantitative estimate of drug-likeness (QED) is 0.920. The number of anilines is 1. The van der Waals surface area contributed by atoms with Gasteiger partial charge in [-0.2, -0.15) is 0 Å². The molecule has 2 N–H and O–H groups in total. The highest BCUT2D eigenvalue weighted by Crippen LogP contribution is 2.29. The maximum Gasteiger partial charge on any atom is 0.228 e. The maximum absolute atomic E-state index is 12.7. The minimum absolute atomic E-state index is 0.0468. The van der Waals surface area contributed by atoms with Crippen LogP contribution in [0.5, 0.6) is 0 Å². The third kappa shape index (κ3) is 3.24. The summed E-state index contributed by atoms with van der Waals surface area (Å²) in [5, 5.41) is 0. The summed E-state index contributed by atoms with van der Waals surface area (Å²) in [7, 11) is 0. The zero-order valence-electron chi connectivity index (χ0n) is 13.7. The summed E-state index contributed by atoms with van der Waals surface area (Å²) >= 11 is 0. The maximum atomic E-state index is 12.7. The number of nitrogens with two attached hydrogens (primary N) is 1. The summed E-state index contributed by atoms with van der Waals surface area (Å²) in [5.41, 5.74) is 8.07. The van der Waals surface area contributed by atoms with Crippen molar-refractivity contribution in [2.75, 3.05) is 24.5 Å². The van der Waals surface area contributed by atoms with Crippen LogP contribution in [0.1, 0.15) is 31.7 Å². The smallest absolute Gasteiger partial charge is 0.228 e. The zero-order chi connectivity index (χ0) is 16.4. The molecule has 2 heterocycles. The topological polar surface area (TPSA) is 66.6 Å². The fourth-order valence-corrected chi connectivity index (χ4v) is 3.65. The molecule has 0 saturated carbocycles. The van der Waals surface area contributed by atoms with Crippen molar-refractivity contribution in [3.05, 3.63) is 29.8 Å². The van der Waals surface area contributed by atoms with Gasteiger partial charge in [-0.25, -0.2) is 0 Å². The molecular formula is C18H25N3O2. The molecule has 2 amide bonds. The molecule has 124 valence electrons. The van der Waals surface area contributed by atoms with Crippen LogP contribution < -0.4 is 10.6 Å². The van der Waals surface area contributed by atoms with Gasteiger partial charge in [0.05, 0.1) is 5.92 Å². The second-order valence-corrected chi connectivity index (χ2v) is 6.57. The van der Waals surface area contributed by atoms with Crippen LogP contribution in [0, 0.1) is 5.92 Å². The number of nitrogens with zero attached hydrogens (tertiary/aromatic N) is 2. The zero-order valence-corrected chi connectivity index (χ0v) is 13.7. The molecule has 1 aromatic rings. The molecule has 1 aromatic carbocycles. The summed E-state index contributed by atoms with van der Waals surface area (Å²) in [6.45, 7) is 3.95. The first-order valence-electron chi connectivity index (χ1n) is 8.52. The van der Waals surface area contributed by atoms with Gasteiger partial charge in [0.25, 0.3) is 0 Å². The molecule has 2 atom stereocenters. The third-order valence-corrected chi connectivity index (χ3v) is 4.91. The van der Waals surface area contributed by atoms with Crippen molar-refractivity contribution in [2.45, 2.75) is 38.6 Å². The van der Waals surface area contributed by atoms with E-state index in [2.05, 4.69) is 6.92 Å². The summed E-state index contributed by atoms with van der Waals surface area (Å²) < 4.78 is 0. The number of carbonyl (C=O) groups excluding carboxylic acids is 2. The fraction of sp³-hybridized carbons (Fsp3) is 0.556. The normalized spacial score (nSPS) is 25.0. The number of benzene rings is 1. The van der Waals surface area contributed by atoms with E-state index in [4.69, 9.17) is 5.73 Å². The van der Waals surface area contributed by atoms with Crippen molar-refractivity contribution in [2.24, 2.45) is 11.7 Å². The Bertz CT molecular complexity index is 602. The van der Waals surface area contributed by atoms with E-state index < -0.39 is 0 Å². The van der Waals surface area contributed by atoms with Crippen molar-refractivity contribution in [1.29, 1.82) is 0 Å². The molecule has 5 heteroatoms. The Morgan fingerprint density at radius 1 is 1.30 bits per heavy atom. The van der Waals surface area contributed by atoms with E-state index in [1.54, 1.807) is 4.90 Å². The second kappa shape index (κ2) is 6.71. The lowest BCUT2D eigenvalue weighted by molar-refractivity contribution is -0.136. The molecule has 2 aliphatic heterocycles. The lowest BCUT2D eigenvalue weighted by Crippen LogP contribution is -2.48. The first-order valence-corrected chi connectivity index (χ1v) is 8.52. The number of hydrogen-bond acceptors (Lipinski definition) is 3. The van der Waals surface area contributed by atoms with E-state index in [1.807, 2.05) is 29.2 Å². The van der Waals surface area contributed by atoms with E-state index >= 15 is 0 Å². The number of piperidine rings is 1. The predicted molar refractivity (Wildman–Crippen MR) is 90.1 cm³/mol. The number of hydrogen-bond donors (Lipinski definition) is 1. The van der Waals surface area contributed by atoms with Gasteiger partial charge < -0.3 is 15.5 Å². The number of aryl methyl sites for hydroxylation is 1. The van der Waals surface area contributed by atoms with Gasteiger partial charge in [-0.1, -0.05) is 25.1 Å². The molecule has 0 bridgehead atoms. The molecule has 0 unspecified atom stereocenters. The minimum atomic E-state index is -0.238. The van der Waals surface area contributed by atoms with Gasteiger partial charge in [0, 0.05) is 37.8 Å². The Morgan fingerprint density at radius 3 is 2.83 bits per heavy atom. The largest absolute Gasteiger partial charge is 0.341 e. The van der Waals surface area contributed by atoms with Crippen molar-refractivity contribution in [1.82, 2.24) is 4.90 Å². The highest BCUT2D eigenvalue weighted by atomic mass is 16.2. The van der Waals surface area contributed by atoms with E-state index in [9.17, 15) is 9.59 Å². The van der Waals surface area contributed by atoms with Crippen LogP contribution in [-0.4, -0.2) is 42.4 Å². The van der Waals surface area contributed by atoms with E-state index in [0.717, 1.165) is 37.1 Å². The van der Waals surface area contributed by atoms with Gasteiger partial charge in [0.2, 0.25) is 11.8 Å². The number of rotatable bonds is 3. The third-order valence-electron chi connectivity index (χ3n) is 4.91. The van der Waals surface area contributed by atoms with Gasteiger partial charge in [0.1, 0.15) is 0 Å². The second-order valence-electron chi connectivity index (χ2n) is 6.57. The number of para-hydroxylation sites is 1. The number of amides is 2. The SMILES string of the molecule is CCc1ccccc1N1C[C@@H](C(=O)N2CCC[C@H](N)C2)CC1=O. The molecule has 0 spiro atoms. The molecule has 0 aromatic heterocycles. The van der Waals surface area contributed by atoms with Crippen molar-refractivity contribution >= 4 is 17.5 Å². The number of carbonyl (C=O) groups is 2. The number of likely N-dealkylation sites (tertiary alicyclic amines) is 1. The Labute approximate surface area is 137 Å². The van der Waals surface area contributed by atoms with Gasteiger partial charge in [-0.3, -0.25) is 9.59 Å². The van der Waals surface area contributed by atoms with Crippen molar-refractivity contribution in [3.63, 3.8) is 0 Å². The lowest BCUT2D eigenvalue weighted by atomic mass is 10.0. The molecule has 3 rings (SSSR count). The average Bonchev–Trinajstić information content (AvgIpc) is 2.95. The van der Waals surface area contributed by atoms with E-state index in [1.165, 1.54) is 0 Å². The average molecular weight is 315 g/mol. The Kier molecular flexibility index (Phi) is 4.66. The summed E-state index contributed by atoms with van der Waals surface area (Å²) in [6, 6.07) is 8.02. The Hall–Kier alpha value is -1.88. The highest BCUT2D eigenvalue weighted by Gasteiger charge is 2.38. The van der Waals surface area contributed by atoms with E-state index in [0.29, 0.717) is 19.5 Å². The summed E-state index contributed by atoms with van der Waals surface area (Å²) in [6.07, 6.45) is 3.11. The van der Waals surface area contributed by atoms with E-state index in [-0.39, 0.29) is 23.8 Å². The molecule has 0 aliphatic carbocycles. The molecule has 2 saturated heterocycles. The van der Waals surface area contributed by atoms with Gasteiger partial charge in [-0.15, -0.1) is 0 Å². The standard InChI is InChI=1S/C18H25N3O2/c1-2-13-6-3-4-8-16(13)21-11-14(10-17(21)22)18(23)20-9-5-7-15(19)12-20/h3-4,6,8,14-15H,2,5,7,9-12,19H2,1H3/t14-,15-/m0/s1. The summed E-state index contributed by atoms with van der Waals surface area (Å²) in [4.78, 5) is 28.8. The monoisotopic (exact) mass is 315 g/mol. The molecule has 5 nitrogen and oxygen atoms in total. The van der Waals surface area contributed by atoms with Crippen LogP contribution in [0.3, 0.4) is 0 Å². The predicted octanol–water partition coefficient (Wildman–Crippen LogP) is 1.55. The molecule has 2 aliphatic rings. The fourth-order valence-electron chi connectivity index (χ4n) is 3.65. The first-order chi connectivity index (χ1) is 11.1. The van der Waals surface area contributed by atoms with Gasteiger partial charge in [-0.05, 0) is 30.9 Å². The van der Waals surface area contributed by atoms with Gasteiger partial charge in [0.15, 0.2) is 0 Å². The molecule has 0 radical (unpaired) electrons. The lowest BCUT2D eigenvalue weighted by Gasteiger charge is -2.32. The van der Waals surface area contributed by atoms with Crippen LogP contribution in [0.25, 0.3) is 0 Å². The Balaban J connectivity index is 1.73.